The zero-order valence-corrected chi connectivity index (χ0v) is 13.9. The van der Waals surface area contributed by atoms with Crippen molar-refractivity contribution in [2.24, 2.45) is 5.92 Å². The number of carbonyl (C=O) groups excluding carboxylic acids is 3. The smallest absolute Gasteiger partial charge is 0.229 e. The maximum Gasteiger partial charge on any atom is 0.229 e. The fourth-order valence-corrected chi connectivity index (χ4v) is 3.29. The highest BCUT2D eigenvalue weighted by molar-refractivity contribution is 6.01. The highest BCUT2D eigenvalue weighted by Gasteiger charge is 2.28. The van der Waals surface area contributed by atoms with Crippen LogP contribution in [-0.2, 0) is 20.9 Å². The molecule has 2 fully saturated rings. The number of nitrogens with zero attached hydrogens (tertiary/aromatic N) is 1. The van der Waals surface area contributed by atoms with E-state index in [2.05, 4.69) is 17.6 Å². The van der Waals surface area contributed by atoms with Crippen molar-refractivity contribution in [1.29, 1.82) is 0 Å². The molecule has 3 rings (SSSR count). The average Bonchev–Trinajstić information content (AvgIpc) is 2.88. The first-order chi connectivity index (χ1) is 11.5. The lowest BCUT2D eigenvalue weighted by Crippen LogP contribution is -2.40. The number of piperidine rings is 1. The third-order valence-electron chi connectivity index (χ3n) is 4.71. The van der Waals surface area contributed by atoms with Crippen LogP contribution in [0.2, 0.25) is 0 Å². The van der Waals surface area contributed by atoms with Crippen molar-refractivity contribution in [1.82, 2.24) is 10.2 Å². The molecule has 6 heteroatoms. The fraction of sp³-hybridized carbons (Fsp3) is 0.500. The van der Waals surface area contributed by atoms with Gasteiger partial charge in [0, 0.05) is 30.5 Å². The molecule has 2 atom stereocenters. The van der Waals surface area contributed by atoms with Crippen LogP contribution in [0.15, 0.2) is 24.3 Å². The molecule has 24 heavy (non-hydrogen) atoms. The molecule has 2 aliphatic heterocycles. The van der Waals surface area contributed by atoms with Crippen molar-refractivity contribution in [2.75, 3.05) is 11.9 Å². The normalized spacial score (nSPS) is 24.3. The molecule has 1 aromatic carbocycles. The van der Waals surface area contributed by atoms with Crippen LogP contribution in [-0.4, -0.2) is 35.2 Å². The summed E-state index contributed by atoms with van der Waals surface area (Å²) >= 11 is 0. The Labute approximate surface area is 141 Å². The van der Waals surface area contributed by atoms with E-state index in [4.69, 9.17) is 0 Å². The van der Waals surface area contributed by atoms with Gasteiger partial charge in [0.15, 0.2) is 0 Å². The summed E-state index contributed by atoms with van der Waals surface area (Å²) in [6, 6.07) is 7.71. The maximum atomic E-state index is 12.3. The van der Waals surface area contributed by atoms with Crippen molar-refractivity contribution in [3.63, 3.8) is 0 Å². The molecule has 0 spiro atoms. The Balaban J connectivity index is 1.57. The van der Waals surface area contributed by atoms with Gasteiger partial charge in [-0.15, -0.1) is 0 Å². The molecule has 2 aliphatic rings. The largest absolute Gasteiger partial charge is 0.326 e. The Hall–Kier alpha value is -2.21. The average molecular weight is 329 g/mol. The highest BCUT2D eigenvalue weighted by atomic mass is 16.2. The molecule has 2 heterocycles. The molecule has 1 aromatic rings. The van der Waals surface area contributed by atoms with E-state index in [-0.39, 0.29) is 23.6 Å². The van der Waals surface area contributed by atoms with Crippen LogP contribution in [0.3, 0.4) is 0 Å². The molecule has 3 amide bonds. The number of carbonyl (C=O) groups is 3. The lowest BCUT2D eigenvalue weighted by molar-refractivity contribution is -0.139. The van der Waals surface area contributed by atoms with Crippen molar-refractivity contribution in [3.8, 4) is 0 Å². The molecule has 6 nitrogen and oxygen atoms in total. The fourth-order valence-electron chi connectivity index (χ4n) is 3.29. The van der Waals surface area contributed by atoms with E-state index in [0.717, 1.165) is 30.6 Å². The SMILES string of the molecule is C[C@H]1C[C@@H](C(=O)Nc2ccc(CN3C(=O)CCC3=O)cc2)CCN1. The van der Waals surface area contributed by atoms with Gasteiger partial charge in [-0.1, -0.05) is 12.1 Å². The number of nitrogens with one attached hydrogen (secondary N) is 2. The van der Waals surface area contributed by atoms with Gasteiger partial charge in [0.1, 0.15) is 0 Å². The van der Waals surface area contributed by atoms with E-state index < -0.39 is 0 Å². The Morgan fingerprint density at radius 3 is 2.50 bits per heavy atom. The minimum absolute atomic E-state index is 0.0424. The molecule has 0 unspecified atom stereocenters. The van der Waals surface area contributed by atoms with Gasteiger partial charge >= 0.3 is 0 Å². The van der Waals surface area contributed by atoms with Crippen LogP contribution in [0, 0.1) is 5.92 Å². The van der Waals surface area contributed by atoms with Gasteiger partial charge in [-0.05, 0) is 44.0 Å². The van der Waals surface area contributed by atoms with Gasteiger partial charge in [-0.25, -0.2) is 0 Å². The molecular weight excluding hydrogens is 306 g/mol. The lowest BCUT2D eigenvalue weighted by atomic mass is 9.92. The summed E-state index contributed by atoms with van der Waals surface area (Å²) in [5, 5.41) is 6.30. The molecule has 2 saturated heterocycles. The van der Waals surface area contributed by atoms with Crippen LogP contribution >= 0.6 is 0 Å². The second-order valence-electron chi connectivity index (χ2n) is 6.64. The van der Waals surface area contributed by atoms with Gasteiger partial charge in [-0.3, -0.25) is 19.3 Å². The second-order valence-corrected chi connectivity index (χ2v) is 6.64. The van der Waals surface area contributed by atoms with Crippen molar-refractivity contribution >= 4 is 23.4 Å². The second kappa shape index (κ2) is 7.13. The summed E-state index contributed by atoms with van der Waals surface area (Å²) in [7, 11) is 0. The number of rotatable bonds is 4. The Morgan fingerprint density at radius 2 is 1.88 bits per heavy atom. The van der Waals surface area contributed by atoms with Gasteiger partial charge in [0.25, 0.3) is 0 Å². The van der Waals surface area contributed by atoms with E-state index in [1.54, 1.807) is 0 Å². The third-order valence-corrected chi connectivity index (χ3v) is 4.71. The predicted octanol–water partition coefficient (Wildman–Crippen LogP) is 1.66. The van der Waals surface area contributed by atoms with Crippen LogP contribution < -0.4 is 10.6 Å². The zero-order chi connectivity index (χ0) is 17.1. The Bertz CT molecular complexity index is 625. The van der Waals surface area contributed by atoms with Crippen molar-refractivity contribution in [3.05, 3.63) is 29.8 Å². The van der Waals surface area contributed by atoms with E-state index in [1.807, 2.05) is 24.3 Å². The lowest BCUT2D eigenvalue weighted by Gasteiger charge is -2.27. The van der Waals surface area contributed by atoms with Crippen LogP contribution in [0.1, 0.15) is 38.2 Å². The Morgan fingerprint density at radius 1 is 1.21 bits per heavy atom. The van der Waals surface area contributed by atoms with Crippen LogP contribution in [0.25, 0.3) is 0 Å². The first-order valence-electron chi connectivity index (χ1n) is 8.49. The molecular formula is C18H23N3O3. The quantitative estimate of drug-likeness (QED) is 0.824. The molecule has 0 bridgehead atoms. The number of likely N-dealkylation sites (tertiary alicyclic amines) is 1. The van der Waals surface area contributed by atoms with Crippen molar-refractivity contribution in [2.45, 2.75) is 45.2 Å². The number of anilines is 1. The monoisotopic (exact) mass is 329 g/mol. The van der Waals surface area contributed by atoms with E-state index >= 15 is 0 Å². The Kier molecular flexibility index (Phi) is 4.94. The topological polar surface area (TPSA) is 78.5 Å². The number of amides is 3. The zero-order valence-electron chi connectivity index (χ0n) is 13.9. The molecule has 128 valence electrons. The van der Waals surface area contributed by atoms with E-state index in [1.165, 1.54) is 4.90 Å². The summed E-state index contributed by atoms with van der Waals surface area (Å²) in [5.41, 5.74) is 1.63. The number of hydrogen-bond donors (Lipinski definition) is 2. The van der Waals surface area contributed by atoms with E-state index in [0.29, 0.717) is 25.4 Å². The molecule has 0 aliphatic carbocycles. The summed E-state index contributed by atoms with van der Waals surface area (Å²) in [6.45, 7) is 3.27. The van der Waals surface area contributed by atoms with E-state index in [9.17, 15) is 14.4 Å². The number of hydrogen-bond acceptors (Lipinski definition) is 4. The first kappa shape index (κ1) is 16.6. The summed E-state index contributed by atoms with van der Waals surface area (Å²) in [4.78, 5) is 36.9. The van der Waals surface area contributed by atoms with Gasteiger partial charge in [-0.2, -0.15) is 0 Å². The summed E-state index contributed by atoms with van der Waals surface area (Å²) < 4.78 is 0. The molecule has 0 saturated carbocycles. The minimum atomic E-state index is -0.114. The summed E-state index contributed by atoms with van der Waals surface area (Å²) in [5.74, 6) is -0.128. The number of benzene rings is 1. The first-order valence-corrected chi connectivity index (χ1v) is 8.49. The van der Waals surface area contributed by atoms with Gasteiger partial charge in [0.05, 0.1) is 6.54 Å². The third kappa shape index (κ3) is 3.82. The van der Waals surface area contributed by atoms with Gasteiger partial charge < -0.3 is 10.6 Å². The molecule has 0 aromatic heterocycles. The van der Waals surface area contributed by atoms with Crippen LogP contribution in [0.5, 0.6) is 0 Å². The van der Waals surface area contributed by atoms with Crippen LogP contribution in [0.4, 0.5) is 5.69 Å². The van der Waals surface area contributed by atoms with Crippen molar-refractivity contribution < 1.29 is 14.4 Å². The summed E-state index contributed by atoms with van der Waals surface area (Å²) in [6.07, 6.45) is 2.32. The highest BCUT2D eigenvalue weighted by Crippen LogP contribution is 2.20. The minimum Gasteiger partial charge on any atom is -0.326 e. The number of imide groups is 1. The van der Waals surface area contributed by atoms with Gasteiger partial charge in [0.2, 0.25) is 17.7 Å². The maximum absolute atomic E-state index is 12.3. The standard InChI is InChI=1S/C18H23N3O3/c1-12-10-14(8-9-19-12)18(24)20-15-4-2-13(3-5-15)11-21-16(22)6-7-17(21)23/h2-5,12,14,19H,6-11H2,1H3,(H,20,24)/t12-,14-/m0/s1. The predicted molar refractivity (Wildman–Crippen MR) is 90.1 cm³/mol. The molecule has 2 N–H and O–H groups in total. The molecule has 0 radical (unpaired) electrons.